The van der Waals surface area contributed by atoms with Gasteiger partial charge in [-0.1, -0.05) is 18.7 Å². The maximum Gasteiger partial charge on any atom is 0.337 e. The predicted molar refractivity (Wildman–Crippen MR) is 75.0 cm³/mol. The van der Waals surface area contributed by atoms with E-state index in [1.165, 1.54) is 31.0 Å². The van der Waals surface area contributed by atoms with Crippen LogP contribution in [0.2, 0.25) is 0 Å². The minimum absolute atomic E-state index is 0.147. The number of ether oxygens (including phenoxy) is 1. The monoisotopic (exact) mass is 278 g/mol. The number of thioether (sulfide) groups is 1. The Labute approximate surface area is 114 Å². The fourth-order valence-corrected chi connectivity index (χ4v) is 2.47. The molecular formula is C14H14O4S. The average Bonchev–Trinajstić information content (AvgIpc) is 2.39. The molecule has 0 aliphatic carbocycles. The Morgan fingerprint density at radius 3 is 2.74 bits per heavy atom. The zero-order valence-electron chi connectivity index (χ0n) is 11.0. The molecule has 0 fully saturated rings. The number of aryl methyl sites for hydroxylation is 1. The molecule has 1 aromatic carbocycles. The van der Waals surface area contributed by atoms with E-state index in [0.717, 1.165) is 11.3 Å². The van der Waals surface area contributed by atoms with Crippen molar-refractivity contribution in [2.75, 3.05) is 12.9 Å². The molecule has 0 aliphatic rings. The number of esters is 1. The van der Waals surface area contributed by atoms with Gasteiger partial charge in [-0.15, -0.1) is 0 Å². The van der Waals surface area contributed by atoms with Crippen LogP contribution >= 0.6 is 11.8 Å². The third-order valence-corrected chi connectivity index (χ3v) is 3.47. The molecule has 0 bridgehead atoms. The van der Waals surface area contributed by atoms with Crippen molar-refractivity contribution in [1.82, 2.24) is 0 Å². The van der Waals surface area contributed by atoms with Gasteiger partial charge in [0.15, 0.2) is 10.5 Å². The molecule has 100 valence electrons. The first-order chi connectivity index (χ1) is 9.06. The topological polar surface area (TPSA) is 56.5 Å². The van der Waals surface area contributed by atoms with Gasteiger partial charge >= 0.3 is 5.97 Å². The summed E-state index contributed by atoms with van der Waals surface area (Å²) in [4.78, 5) is 23.6. The van der Waals surface area contributed by atoms with Crippen LogP contribution in [0, 0.1) is 6.92 Å². The molecular weight excluding hydrogens is 264 g/mol. The number of hydrogen-bond acceptors (Lipinski definition) is 5. The van der Waals surface area contributed by atoms with Crippen LogP contribution in [0.15, 0.2) is 32.5 Å². The van der Waals surface area contributed by atoms with E-state index in [1.807, 2.05) is 6.92 Å². The van der Waals surface area contributed by atoms with Crippen LogP contribution in [0.3, 0.4) is 0 Å². The van der Waals surface area contributed by atoms with Gasteiger partial charge in [0.2, 0.25) is 0 Å². The van der Waals surface area contributed by atoms with Crippen molar-refractivity contribution in [1.29, 1.82) is 0 Å². The molecule has 1 heterocycles. The van der Waals surface area contributed by atoms with Crippen LogP contribution in [0.25, 0.3) is 11.0 Å². The van der Waals surface area contributed by atoms with E-state index in [9.17, 15) is 9.59 Å². The minimum Gasteiger partial charge on any atom is -0.465 e. The number of benzene rings is 1. The first kappa shape index (κ1) is 13.7. The fourth-order valence-electron chi connectivity index (χ4n) is 1.86. The van der Waals surface area contributed by atoms with Gasteiger partial charge in [0.05, 0.1) is 18.1 Å². The third kappa shape index (κ3) is 2.66. The first-order valence-electron chi connectivity index (χ1n) is 5.86. The number of fused-ring (bicyclic) bond motifs is 1. The Balaban J connectivity index is 2.69. The van der Waals surface area contributed by atoms with Crippen molar-refractivity contribution in [3.05, 3.63) is 39.5 Å². The van der Waals surface area contributed by atoms with Gasteiger partial charge in [0.25, 0.3) is 0 Å². The second kappa shape index (κ2) is 5.48. The summed E-state index contributed by atoms with van der Waals surface area (Å²) in [6, 6.07) is 4.63. The van der Waals surface area contributed by atoms with E-state index in [4.69, 9.17) is 4.42 Å². The fraction of sp³-hybridized carbons (Fsp3) is 0.286. The molecule has 0 radical (unpaired) electrons. The van der Waals surface area contributed by atoms with Gasteiger partial charge in [0, 0.05) is 6.07 Å². The Hall–Kier alpha value is -1.75. The lowest BCUT2D eigenvalue weighted by atomic mass is 10.1. The summed E-state index contributed by atoms with van der Waals surface area (Å²) in [6.45, 7) is 3.79. The Morgan fingerprint density at radius 2 is 2.11 bits per heavy atom. The zero-order valence-corrected chi connectivity index (χ0v) is 11.8. The van der Waals surface area contributed by atoms with E-state index in [-0.39, 0.29) is 5.43 Å². The number of hydrogen-bond donors (Lipinski definition) is 0. The summed E-state index contributed by atoms with van der Waals surface area (Å²) in [5.41, 5.74) is 1.48. The summed E-state index contributed by atoms with van der Waals surface area (Å²) in [6.07, 6.45) is 0. The van der Waals surface area contributed by atoms with E-state index in [2.05, 4.69) is 4.74 Å². The lowest BCUT2D eigenvalue weighted by Gasteiger charge is -2.06. The molecule has 0 saturated heterocycles. The summed E-state index contributed by atoms with van der Waals surface area (Å²) < 4.78 is 10.4. The average molecular weight is 278 g/mol. The van der Waals surface area contributed by atoms with Gasteiger partial charge in [-0.3, -0.25) is 4.79 Å². The van der Waals surface area contributed by atoms with Crippen LogP contribution in [0.5, 0.6) is 0 Å². The molecule has 0 atom stereocenters. The van der Waals surface area contributed by atoms with Gasteiger partial charge in [-0.25, -0.2) is 4.79 Å². The highest BCUT2D eigenvalue weighted by Crippen LogP contribution is 2.24. The van der Waals surface area contributed by atoms with Crippen molar-refractivity contribution < 1.29 is 13.9 Å². The highest BCUT2D eigenvalue weighted by molar-refractivity contribution is 7.99. The van der Waals surface area contributed by atoms with Crippen LogP contribution in [-0.2, 0) is 4.74 Å². The molecule has 0 saturated carbocycles. The van der Waals surface area contributed by atoms with Crippen LogP contribution in [0.1, 0.15) is 22.8 Å². The Kier molecular flexibility index (Phi) is 3.95. The maximum absolute atomic E-state index is 12.1. The Morgan fingerprint density at radius 1 is 1.37 bits per heavy atom. The summed E-state index contributed by atoms with van der Waals surface area (Å²) in [5, 5.41) is 0.995. The van der Waals surface area contributed by atoms with E-state index >= 15 is 0 Å². The molecule has 0 amide bonds. The zero-order chi connectivity index (χ0) is 14.0. The van der Waals surface area contributed by atoms with Gasteiger partial charge in [-0.2, -0.15) is 0 Å². The molecule has 0 N–H and O–H groups in total. The SMILES string of the molecule is CCSc1cc(=O)c2cc(C(=O)OC)cc(C)c2o1. The van der Waals surface area contributed by atoms with Gasteiger partial charge in [-0.05, 0) is 30.4 Å². The molecule has 2 aromatic rings. The van der Waals surface area contributed by atoms with E-state index in [0.29, 0.717) is 21.6 Å². The number of methoxy groups -OCH3 is 1. The van der Waals surface area contributed by atoms with Crippen molar-refractivity contribution in [2.45, 2.75) is 18.9 Å². The predicted octanol–water partition coefficient (Wildman–Crippen LogP) is 3.00. The Bertz CT molecular complexity index is 688. The highest BCUT2D eigenvalue weighted by atomic mass is 32.2. The number of carbonyl (C=O) groups excluding carboxylic acids is 1. The lowest BCUT2D eigenvalue weighted by Crippen LogP contribution is -2.06. The summed E-state index contributed by atoms with van der Waals surface area (Å²) in [5.74, 6) is 0.365. The van der Waals surface area contributed by atoms with Crippen molar-refractivity contribution in [2.24, 2.45) is 0 Å². The molecule has 0 aliphatic heterocycles. The molecule has 1 aromatic heterocycles. The summed E-state index contributed by atoms with van der Waals surface area (Å²) in [7, 11) is 1.31. The second-order valence-corrected chi connectivity index (χ2v) is 5.29. The van der Waals surface area contributed by atoms with Gasteiger partial charge < -0.3 is 9.15 Å². The maximum atomic E-state index is 12.1. The van der Waals surface area contributed by atoms with E-state index < -0.39 is 5.97 Å². The quantitative estimate of drug-likeness (QED) is 0.638. The summed E-state index contributed by atoms with van der Waals surface area (Å²) >= 11 is 1.47. The van der Waals surface area contributed by atoms with Gasteiger partial charge in [0.1, 0.15) is 5.58 Å². The molecule has 19 heavy (non-hydrogen) atoms. The van der Waals surface area contributed by atoms with Crippen LogP contribution < -0.4 is 5.43 Å². The number of rotatable bonds is 3. The molecule has 0 spiro atoms. The molecule has 2 rings (SSSR count). The first-order valence-corrected chi connectivity index (χ1v) is 6.85. The number of carbonyl (C=O) groups is 1. The van der Waals surface area contributed by atoms with Crippen LogP contribution in [0.4, 0.5) is 0 Å². The molecule has 0 unspecified atom stereocenters. The molecule has 5 heteroatoms. The lowest BCUT2D eigenvalue weighted by molar-refractivity contribution is 0.0601. The third-order valence-electron chi connectivity index (χ3n) is 2.70. The normalized spacial score (nSPS) is 10.7. The van der Waals surface area contributed by atoms with Crippen LogP contribution in [-0.4, -0.2) is 18.8 Å². The molecule has 4 nitrogen and oxygen atoms in total. The smallest absolute Gasteiger partial charge is 0.337 e. The minimum atomic E-state index is -0.462. The van der Waals surface area contributed by atoms with E-state index in [1.54, 1.807) is 13.0 Å². The van der Waals surface area contributed by atoms with Crippen molar-refractivity contribution in [3.63, 3.8) is 0 Å². The standard InChI is InChI=1S/C14H14O4S/c1-4-19-12-7-11(15)10-6-9(14(16)17-3)5-8(2)13(10)18-12/h5-7H,4H2,1-3H3. The highest BCUT2D eigenvalue weighted by Gasteiger charge is 2.13. The second-order valence-electron chi connectivity index (χ2n) is 4.02. The van der Waals surface area contributed by atoms with Crippen molar-refractivity contribution >= 4 is 28.7 Å². The van der Waals surface area contributed by atoms with Crippen molar-refractivity contribution in [3.8, 4) is 0 Å². The largest absolute Gasteiger partial charge is 0.465 e.